The minimum Gasteiger partial charge on any atom is -0.367 e. The predicted octanol–water partition coefficient (Wildman–Crippen LogP) is 3.02. The van der Waals surface area contributed by atoms with Crippen molar-refractivity contribution in [2.45, 2.75) is 25.7 Å². The number of aryl methyl sites for hydroxylation is 1. The Morgan fingerprint density at radius 3 is 2.53 bits per heavy atom. The minimum atomic E-state index is -4.22. The average molecular weight is 278 g/mol. The fourth-order valence-corrected chi connectivity index (χ4v) is 1.44. The number of ether oxygens (including phenoxy) is 1. The molecule has 0 unspecified atom stereocenters. The zero-order valence-corrected chi connectivity index (χ0v) is 10.3. The van der Waals surface area contributed by atoms with Gasteiger partial charge in [-0.1, -0.05) is 24.3 Å². The lowest BCUT2D eigenvalue weighted by Gasteiger charge is -2.14. The highest BCUT2D eigenvalue weighted by molar-refractivity contribution is 5.82. The van der Waals surface area contributed by atoms with Crippen LogP contribution in [-0.2, 0) is 16.0 Å². The van der Waals surface area contributed by atoms with Crippen LogP contribution in [0.4, 0.5) is 17.6 Å². The molecule has 0 N–H and O–H groups in total. The Hall–Kier alpha value is -1.43. The highest BCUT2D eigenvalue weighted by atomic mass is 19.3. The molecule has 0 atom stereocenters. The van der Waals surface area contributed by atoms with Crippen LogP contribution in [0.25, 0.3) is 0 Å². The summed E-state index contributed by atoms with van der Waals surface area (Å²) in [6.45, 7) is -0.241. The van der Waals surface area contributed by atoms with Crippen LogP contribution in [-0.4, -0.2) is 31.3 Å². The van der Waals surface area contributed by atoms with Crippen molar-refractivity contribution in [3.8, 4) is 0 Å². The standard InChI is InChI=1S/C13H14F4O2/c1-9-4-2-3-5-10(9)6-11(18)7-19-8-13(16,17)12(14)15/h2-5,12H,6-8H2,1H3. The van der Waals surface area contributed by atoms with E-state index in [0.29, 0.717) is 0 Å². The lowest BCUT2D eigenvalue weighted by Crippen LogP contribution is -2.33. The molecule has 0 amide bonds. The summed E-state index contributed by atoms with van der Waals surface area (Å²) in [4.78, 5) is 11.5. The van der Waals surface area contributed by atoms with Gasteiger partial charge in [-0.05, 0) is 18.1 Å². The third-order valence-electron chi connectivity index (χ3n) is 2.53. The second-order valence-electron chi connectivity index (χ2n) is 4.20. The zero-order valence-electron chi connectivity index (χ0n) is 10.3. The Kier molecular flexibility index (Phi) is 5.47. The van der Waals surface area contributed by atoms with E-state index in [4.69, 9.17) is 0 Å². The Balaban J connectivity index is 2.39. The first-order chi connectivity index (χ1) is 8.83. The van der Waals surface area contributed by atoms with Crippen molar-refractivity contribution < 1.29 is 27.1 Å². The van der Waals surface area contributed by atoms with Crippen molar-refractivity contribution in [2.75, 3.05) is 13.2 Å². The summed E-state index contributed by atoms with van der Waals surface area (Å²) in [5, 5.41) is 0. The van der Waals surface area contributed by atoms with Crippen molar-refractivity contribution in [3.63, 3.8) is 0 Å². The summed E-state index contributed by atoms with van der Waals surface area (Å²) in [7, 11) is 0. The molecule has 0 aliphatic carbocycles. The van der Waals surface area contributed by atoms with Crippen LogP contribution in [0, 0.1) is 6.92 Å². The first-order valence-electron chi connectivity index (χ1n) is 5.63. The van der Waals surface area contributed by atoms with Gasteiger partial charge in [-0.15, -0.1) is 0 Å². The van der Waals surface area contributed by atoms with E-state index in [1.165, 1.54) is 0 Å². The van der Waals surface area contributed by atoms with Gasteiger partial charge in [0.15, 0.2) is 5.78 Å². The van der Waals surface area contributed by atoms with Gasteiger partial charge in [0.2, 0.25) is 0 Å². The summed E-state index contributed by atoms with van der Waals surface area (Å²) in [6.07, 6.45) is -3.76. The highest BCUT2D eigenvalue weighted by Crippen LogP contribution is 2.22. The maximum atomic E-state index is 12.5. The molecule has 19 heavy (non-hydrogen) atoms. The van der Waals surface area contributed by atoms with Gasteiger partial charge in [0.1, 0.15) is 13.2 Å². The second kappa shape index (κ2) is 6.65. The number of hydrogen-bond donors (Lipinski definition) is 0. The van der Waals surface area contributed by atoms with Crippen molar-refractivity contribution in [1.29, 1.82) is 0 Å². The molecule has 0 saturated carbocycles. The number of rotatable bonds is 7. The third-order valence-corrected chi connectivity index (χ3v) is 2.53. The van der Waals surface area contributed by atoms with Crippen LogP contribution in [0.5, 0.6) is 0 Å². The van der Waals surface area contributed by atoms with Gasteiger partial charge in [-0.3, -0.25) is 4.79 Å². The molecule has 1 rings (SSSR count). The molecule has 0 aromatic heterocycles. The number of carbonyl (C=O) groups excluding carboxylic acids is 1. The average Bonchev–Trinajstić information content (AvgIpc) is 2.31. The summed E-state index contributed by atoms with van der Waals surface area (Å²) < 4.78 is 53.0. The van der Waals surface area contributed by atoms with Crippen LogP contribution in [0.15, 0.2) is 24.3 Å². The lowest BCUT2D eigenvalue weighted by atomic mass is 10.0. The molecule has 0 bridgehead atoms. The van der Waals surface area contributed by atoms with Gasteiger partial charge in [0.05, 0.1) is 0 Å². The molecule has 0 radical (unpaired) electrons. The van der Waals surface area contributed by atoms with Gasteiger partial charge < -0.3 is 4.74 Å². The smallest absolute Gasteiger partial charge is 0.330 e. The number of halogens is 4. The van der Waals surface area contributed by atoms with Crippen LogP contribution >= 0.6 is 0 Å². The largest absolute Gasteiger partial charge is 0.367 e. The van der Waals surface area contributed by atoms with Gasteiger partial charge in [0, 0.05) is 6.42 Å². The van der Waals surface area contributed by atoms with Crippen molar-refractivity contribution in [1.82, 2.24) is 0 Å². The molecule has 106 valence electrons. The van der Waals surface area contributed by atoms with Gasteiger partial charge in [0.25, 0.3) is 0 Å². The molecule has 1 aromatic carbocycles. The van der Waals surface area contributed by atoms with Crippen molar-refractivity contribution in [3.05, 3.63) is 35.4 Å². The molecular formula is C13H14F4O2. The van der Waals surface area contributed by atoms with E-state index in [-0.39, 0.29) is 6.42 Å². The lowest BCUT2D eigenvalue weighted by molar-refractivity contribution is -0.168. The molecule has 0 aliphatic rings. The van der Waals surface area contributed by atoms with E-state index in [1.54, 1.807) is 12.1 Å². The van der Waals surface area contributed by atoms with E-state index in [0.717, 1.165) is 11.1 Å². The topological polar surface area (TPSA) is 26.3 Å². The van der Waals surface area contributed by atoms with Crippen LogP contribution in [0.2, 0.25) is 0 Å². The molecule has 1 aromatic rings. The van der Waals surface area contributed by atoms with Crippen molar-refractivity contribution >= 4 is 5.78 Å². The normalized spacial score (nSPS) is 11.9. The fourth-order valence-electron chi connectivity index (χ4n) is 1.44. The molecule has 0 saturated heterocycles. The summed E-state index contributed by atoms with van der Waals surface area (Å²) >= 11 is 0. The Morgan fingerprint density at radius 1 is 1.32 bits per heavy atom. The molecule has 2 nitrogen and oxygen atoms in total. The second-order valence-corrected chi connectivity index (χ2v) is 4.20. The molecular weight excluding hydrogens is 264 g/mol. The van der Waals surface area contributed by atoms with E-state index >= 15 is 0 Å². The maximum Gasteiger partial charge on any atom is 0.330 e. The Labute approximate surface area is 108 Å². The number of Topliss-reactive ketones (excluding diaryl/α,β-unsaturated/α-hetero) is 1. The van der Waals surface area contributed by atoms with E-state index in [1.807, 2.05) is 19.1 Å². The van der Waals surface area contributed by atoms with E-state index in [2.05, 4.69) is 4.74 Å². The van der Waals surface area contributed by atoms with E-state index < -0.39 is 31.3 Å². The first kappa shape index (κ1) is 15.6. The fraction of sp³-hybridized carbons (Fsp3) is 0.462. The van der Waals surface area contributed by atoms with Crippen LogP contribution in [0.3, 0.4) is 0 Å². The monoisotopic (exact) mass is 278 g/mol. The summed E-state index contributed by atoms with van der Waals surface area (Å²) in [5.41, 5.74) is 1.66. The van der Waals surface area contributed by atoms with Crippen molar-refractivity contribution in [2.24, 2.45) is 0 Å². The quantitative estimate of drug-likeness (QED) is 0.717. The van der Waals surface area contributed by atoms with Crippen LogP contribution in [0.1, 0.15) is 11.1 Å². The van der Waals surface area contributed by atoms with Gasteiger partial charge >= 0.3 is 12.3 Å². The molecule has 0 spiro atoms. The number of hydrogen-bond acceptors (Lipinski definition) is 2. The number of carbonyl (C=O) groups is 1. The molecule has 0 fully saturated rings. The SMILES string of the molecule is Cc1ccccc1CC(=O)COCC(F)(F)C(F)F. The minimum absolute atomic E-state index is 0.0346. The van der Waals surface area contributed by atoms with Gasteiger partial charge in [-0.2, -0.15) is 8.78 Å². The number of benzene rings is 1. The zero-order chi connectivity index (χ0) is 14.5. The summed E-state index contributed by atoms with van der Waals surface area (Å²) in [6, 6.07) is 7.11. The third kappa shape index (κ3) is 4.98. The molecule has 0 heterocycles. The molecule has 0 aliphatic heterocycles. The highest BCUT2D eigenvalue weighted by Gasteiger charge is 2.41. The van der Waals surface area contributed by atoms with Gasteiger partial charge in [-0.25, -0.2) is 8.78 Å². The maximum absolute atomic E-state index is 12.5. The number of ketones is 1. The first-order valence-corrected chi connectivity index (χ1v) is 5.63. The van der Waals surface area contributed by atoms with E-state index in [9.17, 15) is 22.4 Å². The summed E-state index contributed by atoms with van der Waals surface area (Å²) in [5.74, 6) is -4.65. The number of alkyl halides is 4. The van der Waals surface area contributed by atoms with Crippen LogP contribution < -0.4 is 0 Å². The predicted molar refractivity (Wildman–Crippen MR) is 61.7 cm³/mol. The Bertz CT molecular complexity index is 432. The molecule has 6 heteroatoms. The Morgan fingerprint density at radius 2 is 1.95 bits per heavy atom.